The summed E-state index contributed by atoms with van der Waals surface area (Å²) in [5.74, 6) is 0. The Hall–Kier alpha value is -2.49. The number of nitrogens with one attached hydrogen (secondary N) is 1. The minimum atomic E-state index is 0.511. The summed E-state index contributed by atoms with van der Waals surface area (Å²) in [4.78, 5) is 10.1. The maximum Gasteiger partial charge on any atom is 0.187 e. The lowest BCUT2D eigenvalue weighted by molar-refractivity contribution is 1.24. The first kappa shape index (κ1) is 15.4. The fraction of sp³-hybridized carbons (Fsp3) is 0.118. The second-order valence-corrected chi connectivity index (χ2v) is 6.96. The van der Waals surface area contributed by atoms with Gasteiger partial charge in [-0.25, -0.2) is 9.97 Å². The van der Waals surface area contributed by atoms with Crippen LogP contribution in [0.15, 0.2) is 41.9 Å². The third kappa shape index (κ3) is 3.47. The van der Waals surface area contributed by atoms with Crippen LogP contribution in [0.25, 0.3) is 16.8 Å². The molecule has 0 aliphatic carbocycles. The Morgan fingerprint density at radius 3 is 2.65 bits per heavy atom. The van der Waals surface area contributed by atoms with E-state index in [1.807, 2.05) is 49.6 Å². The van der Waals surface area contributed by atoms with Crippen LogP contribution in [0.2, 0.25) is 0 Å². The van der Waals surface area contributed by atoms with Gasteiger partial charge in [-0.15, -0.1) is 22.7 Å². The van der Waals surface area contributed by atoms with Crippen molar-refractivity contribution in [1.29, 1.82) is 5.26 Å². The van der Waals surface area contributed by atoms with Crippen LogP contribution in [0.4, 0.5) is 5.13 Å². The molecule has 2 aromatic heterocycles. The molecule has 0 amide bonds. The van der Waals surface area contributed by atoms with E-state index in [0.717, 1.165) is 27.0 Å². The van der Waals surface area contributed by atoms with Crippen molar-refractivity contribution in [3.63, 3.8) is 0 Å². The zero-order valence-electron chi connectivity index (χ0n) is 12.7. The fourth-order valence-corrected chi connectivity index (χ4v) is 3.64. The topological polar surface area (TPSA) is 61.6 Å². The molecule has 0 unspecified atom stereocenters. The molecular weight excluding hydrogens is 324 g/mol. The van der Waals surface area contributed by atoms with Crippen LogP contribution in [-0.4, -0.2) is 9.97 Å². The van der Waals surface area contributed by atoms with E-state index >= 15 is 0 Å². The largest absolute Gasteiger partial charge is 0.337 e. The number of benzene rings is 1. The van der Waals surface area contributed by atoms with Gasteiger partial charge in [-0.05, 0) is 13.8 Å². The van der Waals surface area contributed by atoms with Crippen LogP contribution < -0.4 is 5.32 Å². The zero-order chi connectivity index (χ0) is 16.2. The van der Waals surface area contributed by atoms with Crippen molar-refractivity contribution in [3.05, 3.63) is 57.5 Å². The Morgan fingerprint density at radius 2 is 2.00 bits per heavy atom. The summed E-state index contributed by atoms with van der Waals surface area (Å²) in [5.41, 5.74) is 3.49. The summed E-state index contributed by atoms with van der Waals surface area (Å²) in [5, 5.41) is 15.8. The summed E-state index contributed by atoms with van der Waals surface area (Å²) < 4.78 is 0. The Balaban J connectivity index is 1.84. The minimum absolute atomic E-state index is 0.511. The number of thiazole rings is 2. The molecule has 2 heterocycles. The highest BCUT2D eigenvalue weighted by Gasteiger charge is 2.10. The van der Waals surface area contributed by atoms with E-state index in [0.29, 0.717) is 10.6 Å². The number of hydrogen-bond acceptors (Lipinski definition) is 6. The molecule has 0 spiro atoms. The third-order valence-electron chi connectivity index (χ3n) is 3.15. The van der Waals surface area contributed by atoms with Crippen LogP contribution in [0.1, 0.15) is 15.6 Å². The highest BCUT2D eigenvalue weighted by molar-refractivity contribution is 7.16. The second kappa shape index (κ2) is 6.73. The molecular formula is C17H14N4S2. The van der Waals surface area contributed by atoms with E-state index < -0.39 is 0 Å². The molecule has 0 atom stereocenters. The SMILES string of the molecule is Cc1csc(/C(C#N)=C/Nc2nc(-c3ccccc3)c(C)s2)n1. The second-order valence-electron chi connectivity index (χ2n) is 4.90. The number of nitriles is 1. The molecule has 4 nitrogen and oxygen atoms in total. The highest BCUT2D eigenvalue weighted by Crippen LogP contribution is 2.30. The molecule has 1 aromatic carbocycles. The Labute approximate surface area is 142 Å². The van der Waals surface area contributed by atoms with Gasteiger partial charge in [0, 0.05) is 27.7 Å². The number of rotatable bonds is 4. The molecule has 0 aliphatic rings. The first-order chi connectivity index (χ1) is 11.2. The van der Waals surface area contributed by atoms with Gasteiger partial charge < -0.3 is 5.32 Å². The number of nitrogens with zero attached hydrogens (tertiary/aromatic N) is 3. The van der Waals surface area contributed by atoms with Crippen molar-refractivity contribution in [3.8, 4) is 17.3 Å². The molecule has 1 N–H and O–H groups in total. The van der Waals surface area contributed by atoms with Gasteiger partial charge in [0.25, 0.3) is 0 Å². The van der Waals surface area contributed by atoms with Crippen molar-refractivity contribution >= 4 is 33.4 Å². The Kier molecular flexibility index (Phi) is 4.51. The predicted octanol–water partition coefficient (Wildman–Crippen LogP) is 4.86. The average Bonchev–Trinajstić information content (AvgIpc) is 3.15. The smallest absolute Gasteiger partial charge is 0.187 e. The predicted molar refractivity (Wildman–Crippen MR) is 96.4 cm³/mol. The molecule has 0 fully saturated rings. The Morgan fingerprint density at radius 1 is 1.22 bits per heavy atom. The first-order valence-electron chi connectivity index (χ1n) is 6.99. The van der Waals surface area contributed by atoms with Gasteiger partial charge in [-0.3, -0.25) is 0 Å². The highest BCUT2D eigenvalue weighted by atomic mass is 32.1. The number of allylic oxidation sites excluding steroid dienone is 1. The fourth-order valence-electron chi connectivity index (χ4n) is 2.08. The number of aromatic nitrogens is 2. The molecule has 3 aromatic rings. The van der Waals surface area contributed by atoms with Gasteiger partial charge in [-0.1, -0.05) is 30.3 Å². The van der Waals surface area contributed by atoms with Gasteiger partial charge in [0.2, 0.25) is 0 Å². The number of aryl methyl sites for hydroxylation is 2. The van der Waals surface area contributed by atoms with E-state index in [2.05, 4.69) is 21.4 Å². The van der Waals surface area contributed by atoms with Gasteiger partial charge >= 0.3 is 0 Å². The lowest BCUT2D eigenvalue weighted by Gasteiger charge is -1.97. The third-order valence-corrected chi connectivity index (χ3v) is 5.05. The van der Waals surface area contributed by atoms with Crippen molar-refractivity contribution in [2.75, 3.05) is 5.32 Å². The summed E-state index contributed by atoms with van der Waals surface area (Å²) in [6.45, 7) is 3.96. The lowest BCUT2D eigenvalue weighted by atomic mass is 10.1. The Bertz CT molecular complexity index is 885. The number of hydrogen-bond donors (Lipinski definition) is 1. The lowest BCUT2D eigenvalue weighted by Crippen LogP contribution is -1.90. The zero-order valence-corrected chi connectivity index (χ0v) is 14.3. The summed E-state index contributed by atoms with van der Waals surface area (Å²) in [6.07, 6.45) is 1.67. The van der Waals surface area contributed by atoms with Crippen LogP contribution in [0, 0.1) is 25.2 Å². The van der Waals surface area contributed by atoms with Crippen LogP contribution >= 0.6 is 22.7 Å². The first-order valence-corrected chi connectivity index (χ1v) is 8.69. The summed E-state index contributed by atoms with van der Waals surface area (Å²) in [7, 11) is 0. The van der Waals surface area contributed by atoms with E-state index in [1.165, 1.54) is 11.3 Å². The van der Waals surface area contributed by atoms with Crippen LogP contribution in [0.3, 0.4) is 0 Å². The van der Waals surface area contributed by atoms with E-state index in [1.54, 1.807) is 17.5 Å². The molecule has 23 heavy (non-hydrogen) atoms. The van der Waals surface area contributed by atoms with Crippen LogP contribution in [-0.2, 0) is 0 Å². The van der Waals surface area contributed by atoms with Gasteiger partial charge in [-0.2, -0.15) is 5.26 Å². The summed E-state index contributed by atoms with van der Waals surface area (Å²) in [6, 6.07) is 12.3. The van der Waals surface area contributed by atoms with Gasteiger partial charge in [0.15, 0.2) is 5.13 Å². The van der Waals surface area contributed by atoms with E-state index in [9.17, 15) is 5.26 Å². The molecule has 0 radical (unpaired) electrons. The van der Waals surface area contributed by atoms with E-state index in [4.69, 9.17) is 0 Å². The molecule has 6 heteroatoms. The maximum atomic E-state index is 9.30. The number of anilines is 1. The molecule has 0 saturated heterocycles. The minimum Gasteiger partial charge on any atom is -0.337 e. The summed E-state index contributed by atoms with van der Waals surface area (Å²) >= 11 is 3.03. The molecule has 0 saturated carbocycles. The van der Waals surface area contributed by atoms with Crippen molar-refractivity contribution < 1.29 is 0 Å². The maximum absolute atomic E-state index is 9.30. The normalized spacial score (nSPS) is 11.3. The standard InChI is InChI=1S/C17H14N4S2/c1-11-10-22-16(20-11)14(8-18)9-19-17-21-15(12(2)23-17)13-6-4-3-5-7-13/h3-7,9-10H,1-2H3,(H,19,21)/b14-9+. The quantitative estimate of drug-likeness (QED) is 0.690. The van der Waals surface area contributed by atoms with Crippen molar-refractivity contribution in [2.45, 2.75) is 13.8 Å². The monoisotopic (exact) mass is 338 g/mol. The van der Waals surface area contributed by atoms with Crippen molar-refractivity contribution in [2.24, 2.45) is 0 Å². The van der Waals surface area contributed by atoms with Gasteiger partial charge in [0.05, 0.1) is 5.69 Å². The molecule has 0 bridgehead atoms. The van der Waals surface area contributed by atoms with Gasteiger partial charge in [0.1, 0.15) is 16.6 Å². The molecule has 114 valence electrons. The van der Waals surface area contributed by atoms with Crippen molar-refractivity contribution in [1.82, 2.24) is 9.97 Å². The molecule has 0 aliphatic heterocycles. The molecule has 3 rings (SSSR count). The average molecular weight is 338 g/mol. The van der Waals surface area contributed by atoms with E-state index in [-0.39, 0.29) is 0 Å². The van der Waals surface area contributed by atoms with Crippen LogP contribution in [0.5, 0.6) is 0 Å².